The molecule has 4 heteroatoms. The van der Waals surface area contributed by atoms with Crippen LogP contribution >= 0.6 is 0 Å². The first kappa shape index (κ1) is 26.7. The second-order valence-electron chi connectivity index (χ2n) is 9.73. The maximum absolute atomic E-state index is 2.37. The van der Waals surface area contributed by atoms with Crippen LogP contribution in [0.1, 0.15) is 117 Å². The molecule has 4 nitrogen and oxygen atoms in total. The molecule has 0 fully saturated rings. The van der Waals surface area contributed by atoms with Crippen molar-refractivity contribution in [2.24, 2.45) is 0 Å². The average molecular weight is 445 g/mol. The Bertz CT molecular complexity index is 614. The third kappa shape index (κ3) is 12.5. The predicted octanol–water partition coefficient (Wildman–Crippen LogP) is 6.85. The van der Waals surface area contributed by atoms with Crippen molar-refractivity contribution in [3.63, 3.8) is 0 Å². The van der Waals surface area contributed by atoms with Crippen LogP contribution in [0, 0.1) is 0 Å². The Morgan fingerprint density at radius 3 is 1.25 bits per heavy atom. The summed E-state index contributed by atoms with van der Waals surface area (Å²) in [4.78, 5) is 0. The van der Waals surface area contributed by atoms with Crippen molar-refractivity contribution in [3.05, 3.63) is 37.4 Å². The quantitative estimate of drug-likeness (QED) is 0.148. The lowest BCUT2D eigenvalue weighted by Gasteiger charge is -2.02. The van der Waals surface area contributed by atoms with Crippen LogP contribution in [0.5, 0.6) is 0 Å². The Morgan fingerprint density at radius 1 is 0.469 bits per heavy atom. The lowest BCUT2D eigenvalue weighted by molar-refractivity contribution is -0.697. The Balaban J connectivity index is 1.38. The van der Waals surface area contributed by atoms with Crippen molar-refractivity contribution < 1.29 is 9.13 Å². The third-order valence-electron chi connectivity index (χ3n) is 6.61. The smallest absolute Gasteiger partial charge is 0.237 e. The van der Waals surface area contributed by atoms with Gasteiger partial charge in [-0.25, -0.2) is 18.3 Å². The van der Waals surface area contributed by atoms with Crippen LogP contribution in [0.15, 0.2) is 37.4 Å². The van der Waals surface area contributed by atoms with Crippen LogP contribution < -0.4 is 9.13 Å². The second kappa shape index (κ2) is 17.9. The number of hydrogen-bond donors (Lipinski definition) is 0. The maximum atomic E-state index is 2.37. The summed E-state index contributed by atoms with van der Waals surface area (Å²) in [6, 6.07) is 0. The fourth-order valence-corrected chi connectivity index (χ4v) is 4.50. The van der Waals surface area contributed by atoms with Crippen molar-refractivity contribution in [1.82, 2.24) is 9.13 Å². The first-order valence-corrected chi connectivity index (χ1v) is 13.9. The first-order valence-electron chi connectivity index (χ1n) is 13.9. The Hall–Kier alpha value is -1.58. The van der Waals surface area contributed by atoms with E-state index in [0.717, 1.165) is 0 Å². The number of imidazole rings is 2. The molecule has 0 radical (unpaired) electrons. The van der Waals surface area contributed by atoms with Crippen LogP contribution in [-0.4, -0.2) is 9.13 Å². The van der Waals surface area contributed by atoms with Crippen LogP contribution in [0.3, 0.4) is 0 Å². The lowest BCUT2D eigenvalue weighted by Crippen LogP contribution is -2.30. The van der Waals surface area contributed by atoms with E-state index in [0.29, 0.717) is 0 Å². The van der Waals surface area contributed by atoms with Gasteiger partial charge >= 0.3 is 0 Å². The summed E-state index contributed by atoms with van der Waals surface area (Å²) in [6.07, 6.45) is 35.3. The van der Waals surface area contributed by atoms with Crippen LogP contribution in [0.2, 0.25) is 0 Å². The molecule has 32 heavy (non-hydrogen) atoms. The molecule has 0 atom stereocenters. The molecule has 2 rings (SSSR count). The molecule has 0 aromatic carbocycles. The van der Waals surface area contributed by atoms with E-state index >= 15 is 0 Å². The number of aryl methyl sites for hydroxylation is 4. The number of unbranched alkanes of at least 4 members (excludes halogenated alkanes) is 13. The first-order chi connectivity index (χ1) is 15.8. The zero-order chi connectivity index (χ0) is 22.7. The second-order valence-corrected chi connectivity index (χ2v) is 9.73. The standard InChI is InChI=1S/C28H52N4/c1-3-5-7-15-19-29-23-25-31(27-29)21-17-13-11-9-10-12-14-18-22-32-26-24-30(28-32)20-16-8-6-4-2/h23-28H,3-22H2,1-2H3/q+2. The lowest BCUT2D eigenvalue weighted by atomic mass is 10.1. The molecule has 0 aliphatic rings. The molecule has 0 saturated carbocycles. The number of hydrogen-bond acceptors (Lipinski definition) is 0. The van der Waals surface area contributed by atoms with Gasteiger partial charge in [0.25, 0.3) is 0 Å². The molecule has 2 heterocycles. The van der Waals surface area contributed by atoms with Crippen LogP contribution in [0.4, 0.5) is 0 Å². The third-order valence-corrected chi connectivity index (χ3v) is 6.61. The van der Waals surface area contributed by atoms with Gasteiger partial charge in [-0.1, -0.05) is 65.2 Å². The highest BCUT2D eigenvalue weighted by Crippen LogP contribution is 2.09. The van der Waals surface area contributed by atoms with Gasteiger partial charge in [0.05, 0.1) is 26.2 Å². The normalized spacial score (nSPS) is 11.4. The largest absolute Gasteiger partial charge is 0.243 e. The zero-order valence-corrected chi connectivity index (χ0v) is 21.4. The molecule has 2 aromatic rings. The molecular weight excluding hydrogens is 392 g/mol. The molecule has 0 aliphatic carbocycles. The van der Waals surface area contributed by atoms with E-state index in [1.54, 1.807) is 0 Å². The van der Waals surface area contributed by atoms with Crippen molar-refractivity contribution in [2.75, 3.05) is 0 Å². The van der Waals surface area contributed by atoms with Crippen molar-refractivity contribution in [2.45, 2.75) is 143 Å². The Morgan fingerprint density at radius 2 is 0.844 bits per heavy atom. The highest BCUT2D eigenvalue weighted by Gasteiger charge is 2.04. The van der Waals surface area contributed by atoms with E-state index < -0.39 is 0 Å². The highest BCUT2D eigenvalue weighted by molar-refractivity contribution is 4.67. The fraction of sp³-hybridized carbons (Fsp3) is 0.786. The Labute approximate surface area is 198 Å². The van der Waals surface area contributed by atoms with Gasteiger partial charge in [0.15, 0.2) is 0 Å². The summed E-state index contributed by atoms with van der Waals surface area (Å²) in [5.74, 6) is 0. The molecule has 0 bridgehead atoms. The van der Waals surface area contributed by atoms with E-state index in [4.69, 9.17) is 0 Å². The van der Waals surface area contributed by atoms with Crippen molar-refractivity contribution in [1.29, 1.82) is 0 Å². The predicted molar refractivity (Wildman–Crippen MR) is 134 cm³/mol. The van der Waals surface area contributed by atoms with Crippen LogP contribution in [-0.2, 0) is 26.2 Å². The summed E-state index contributed by atoms with van der Waals surface area (Å²) in [7, 11) is 0. The van der Waals surface area contributed by atoms with E-state index in [9.17, 15) is 0 Å². The summed E-state index contributed by atoms with van der Waals surface area (Å²) >= 11 is 0. The van der Waals surface area contributed by atoms with Gasteiger partial charge in [-0.2, -0.15) is 0 Å². The fourth-order valence-electron chi connectivity index (χ4n) is 4.50. The van der Waals surface area contributed by atoms with Gasteiger partial charge in [0.2, 0.25) is 12.7 Å². The monoisotopic (exact) mass is 444 g/mol. The number of aromatic nitrogens is 4. The molecule has 2 aromatic heterocycles. The Kier molecular flexibility index (Phi) is 14.9. The number of nitrogens with zero attached hydrogens (tertiary/aromatic N) is 4. The minimum atomic E-state index is 1.18. The summed E-state index contributed by atoms with van der Waals surface area (Å²) < 4.78 is 9.46. The zero-order valence-electron chi connectivity index (χ0n) is 21.4. The highest BCUT2D eigenvalue weighted by atomic mass is 15.1. The van der Waals surface area contributed by atoms with Gasteiger partial charge in [-0.05, 0) is 51.4 Å². The van der Waals surface area contributed by atoms with E-state index in [1.807, 2.05) is 0 Å². The molecule has 0 aliphatic heterocycles. The van der Waals surface area contributed by atoms with E-state index in [1.165, 1.54) is 129 Å². The van der Waals surface area contributed by atoms with Gasteiger partial charge in [-0.15, -0.1) is 0 Å². The SMILES string of the molecule is CCCCCCn1cc[n+](CCCCCCCCCC[n+]2ccn(CCCCCC)c2)c1. The summed E-state index contributed by atoms with van der Waals surface area (Å²) in [6.45, 7) is 9.26. The van der Waals surface area contributed by atoms with Crippen molar-refractivity contribution >= 4 is 0 Å². The number of rotatable bonds is 21. The van der Waals surface area contributed by atoms with Gasteiger partial charge in [-0.3, -0.25) is 0 Å². The van der Waals surface area contributed by atoms with Gasteiger partial charge < -0.3 is 0 Å². The van der Waals surface area contributed by atoms with E-state index in [2.05, 4.69) is 69.6 Å². The van der Waals surface area contributed by atoms with Gasteiger partial charge in [0.1, 0.15) is 24.8 Å². The molecule has 0 amide bonds. The van der Waals surface area contributed by atoms with Crippen molar-refractivity contribution in [3.8, 4) is 0 Å². The molecule has 182 valence electrons. The minimum Gasteiger partial charge on any atom is -0.237 e. The minimum absolute atomic E-state index is 1.18. The molecule has 0 N–H and O–H groups in total. The molecule has 0 unspecified atom stereocenters. The molecule has 0 spiro atoms. The average Bonchev–Trinajstić information content (AvgIpc) is 3.45. The molecule has 0 saturated heterocycles. The topological polar surface area (TPSA) is 17.6 Å². The molecular formula is C28H52N4+2. The van der Waals surface area contributed by atoms with E-state index in [-0.39, 0.29) is 0 Å². The maximum Gasteiger partial charge on any atom is 0.243 e. The van der Waals surface area contributed by atoms with Gasteiger partial charge in [0, 0.05) is 0 Å². The summed E-state index contributed by atoms with van der Waals surface area (Å²) in [5, 5.41) is 0. The van der Waals surface area contributed by atoms with Crippen LogP contribution in [0.25, 0.3) is 0 Å². The summed E-state index contributed by atoms with van der Waals surface area (Å²) in [5.41, 5.74) is 0.